The molecule has 0 saturated carbocycles. The SMILES string of the molecule is COc1ccc(-c2ccc(/C=C/CC[C@](C)(C(C)=O)[C@](C)(O)C(F)F)cc2)cc1. The predicted octanol–water partition coefficient (Wildman–Crippen LogP) is 5.77. The molecule has 29 heavy (non-hydrogen) atoms. The molecule has 156 valence electrons. The minimum absolute atomic E-state index is 0.139. The second kappa shape index (κ2) is 9.31. The summed E-state index contributed by atoms with van der Waals surface area (Å²) in [7, 11) is 1.63. The zero-order valence-electron chi connectivity index (χ0n) is 17.3. The van der Waals surface area contributed by atoms with Gasteiger partial charge in [0.2, 0.25) is 0 Å². The van der Waals surface area contributed by atoms with E-state index in [9.17, 15) is 18.7 Å². The third kappa shape index (κ3) is 5.10. The molecule has 0 radical (unpaired) electrons. The van der Waals surface area contributed by atoms with Crippen LogP contribution in [0.4, 0.5) is 8.78 Å². The van der Waals surface area contributed by atoms with E-state index in [0.29, 0.717) is 6.42 Å². The monoisotopic (exact) mass is 402 g/mol. The highest BCUT2D eigenvalue weighted by molar-refractivity contribution is 5.83. The molecular weight excluding hydrogens is 374 g/mol. The number of carbonyl (C=O) groups is 1. The van der Waals surface area contributed by atoms with E-state index in [1.165, 1.54) is 13.8 Å². The molecule has 2 aromatic carbocycles. The normalized spacial score (nSPS) is 15.9. The molecule has 2 rings (SSSR count). The minimum Gasteiger partial charge on any atom is -0.497 e. The van der Waals surface area contributed by atoms with E-state index in [2.05, 4.69) is 0 Å². The van der Waals surface area contributed by atoms with Crippen molar-refractivity contribution in [1.29, 1.82) is 0 Å². The van der Waals surface area contributed by atoms with Crippen LogP contribution in [0.1, 0.15) is 39.2 Å². The Kier molecular flexibility index (Phi) is 7.31. The van der Waals surface area contributed by atoms with E-state index >= 15 is 0 Å². The smallest absolute Gasteiger partial charge is 0.267 e. The van der Waals surface area contributed by atoms with Crippen molar-refractivity contribution in [1.82, 2.24) is 0 Å². The highest BCUT2D eigenvalue weighted by atomic mass is 19.3. The van der Waals surface area contributed by atoms with Gasteiger partial charge in [0, 0.05) is 0 Å². The molecule has 0 aromatic heterocycles. The number of Topliss-reactive ketones (excluding diaryl/α,β-unsaturated/α-hetero) is 1. The molecule has 0 heterocycles. The zero-order valence-corrected chi connectivity index (χ0v) is 17.3. The van der Waals surface area contributed by atoms with Crippen LogP contribution in [0.25, 0.3) is 17.2 Å². The number of halogens is 2. The van der Waals surface area contributed by atoms with Crippen LogP contribution in [0.5, 0.6) is 5.75 Å². The van der Waals surface area contributed by atoms with Crippen molar-refractivity contribution in [3.63, 3.8) is 0 Å². The van der Waals surface area contributed by atoms with E-state index in [1.807, 2.05) is 60.7 Å². The second-order valence-electron chi connectivity index (χ2n) is 7.63. The van der Waals surface area contributed by atoms with Crippen molar-refractivity contribution in [2.45, 2.75) is 45.6 Å². The molecule has 0 amide bonds. The summed E-state index contributed by atoms with van der Waals surface area (Å²) in [5, 5.41) is 10.2. The van der Waals surface area contributed by atoms with Gasteiger partial charge in [-0.2, -0.15) is 0 Å². The van der Waals surface area contributed by atoms with Crippen LogP contribution >= 0.6 is 0 Å². The summed E-state index contributed by atoms with van der Waals surface area (Å²) in [6.45, 7) is 3.68. The van der Waals surface area contributed by atoms with Gasteiger partial charge < -0.3 is 9.84 Å². The Balaban J connectivity index is 2.03. The zero-order chi connectivity index (χ0) is 21.7. The number of ether oxygens (including phenoxy) is 1. The van der Waals surface area contributed by atoms with E-state index in [1.54, 1.807) is 7.11 Å². The number of benzene rings is 2. The van der Waals surface area contributed by atoms with Crippen LogP contribution in [0.2, 0.25) is 0 Å². The van der Waals surface area contributed by atoms with Gasteiger partial charge in [0.05, 0.1) is 12.5 Å². The maximum Gasteiger partial charge on any atom is 0.267 e. The van der Waals surface area contributed by atoms with Crippen molar-refractivity contribution < 1.29 is 23.4 Å². The fourth-order valence-corrected chi connectivity index (χ4v) is 3.19. The molecule has 0 spiro atoms. The number of hydrogen-bond donors (Lipinski definition) is 1. The minimum atomic E-state index is -2.99. The van der Waals surface area contributed by atoms with Crippen molar-refractivity contribution >= 4 is 11.9 Å². The molecule has 0 aliphatic heterocycles. The first-order valence-electron chi connectivity index (χ1n) is 9.54. The fourth-order valence-electron chi connectivity index (χ4n) is 3.19. The summed E-state index contributed by atoms with van der Waals surface area (Å²) in [4.78, 5) is 12.0. The Morgan fingerprint density at radius 1 is 1.07 bits per heavy atom. The number of ketones is 1. The molecule has 1 N–H and O–H groups in total. The number of allylic oxidation sites excluding steroid dienone is 1. The molecule has 0 aliphatic carbocycles. The first kappa shape index (κ1) is 22.8. The van der Waals surface area contributed by atoms with Gasteiger partial charge in [-0.1, -0.05) is 48.6 Å². The Bertz CT molecular complexity index is 839. The maximum atomic E-state index is 13.2. The van der Waals surface area contributed by atoms with Crippen LogP contribution in [0.3, 0.4) is 0 Å². The van der Waals surface area contributed by atoms with Crippen molar-refractivity contribution in [2.75, 3.05) is 7.11 Å². The Morgan fingerprint density at radius 3 is 2.03 bits per heavy atom. The molecule has 2 atom stereocenters. The van der Waals surface area contributed by atoms with E-state index in [4.69, 9.17) is 4.74 Å². The highest BCUT2D eigenvalue weighted by Crippen LogP contribution is 2.41. The summed E-state index contributed by atoms with van der Waals surface area (Å²) in [5.41, 5.74) is -0.765. The molecule has 5 heteroatoms. The van der Waals surface area contributed by atoms with Gasteiger partial charge in [-0.3, -0.25) is 4.79 Å². The number of alkyl halides is 2. The Labute approximate surface area is 171 Å². The van der Waals surface area contributed by atoms with Gasteiger partial charge in [-0.25, -0.2) is 8.78 Å². The summed E-state index contributed by atoms with van der Waals surface area (Å²) >= 11 is 0. The predicted molar refractivity (Wildman–Crippen MR) is 112 cm³/mol. The largest absolute Gasteiger partial charge is 0.497 e. The number of hydrogen-bond acceptors (Lipinski definition) is 3. The van der Waals surface area contributed by atoms with Crippen molar-refractivity contribution in [2.24, 2.45) is 5.41 Å². The van der Waals surface area contributed by atoms with Gasteiger partial charge in [0.25, 0.3) is 6.43 Å². The number of rotatable bonds is 9. The van der Waals surface area contributed by atoms with Gasteiger partial charge in [-0.15, -0.1) is 0 Å². The molecule has 0 unspecified atom stereocenters. The van der Waals surface area contributed by atoms with E-state index in [-0.39, 0.29) is 6.42 Å². The molecule has 0 bridgehead atoms. The van der Waals surface area contributed by atoms with Crippen LogP contribution in [0, 0.1) is 5.41 Å². The number of methoxy groups -OCH3 is 1. The van der Waals surface area contributed by atoms with Crippen LogP contribution in [-0.4, -0.2) is 30.0 Å². The molecule has 0 fully saturated rings. The number of carbonyl (C=O) groups excluding carboxylic acids is 1. The Hall–Kier alpha value is -2.53. The molecule has 0 aliphatic rings. The quantitative estimate of drug-likeness (QED) is 0.579. The summed E-state index contributed by atoms with van der Waals surface area (Å²) in [5.74, 6) is 0.358. The lowest BCUT2D eigenvalue weighted by molar-refractivity contribution is -0.173. The summed E-state index contributed by atoms with van der Waals surface area (Å²) in [6, 6.07) is 15.7. The lowest BCUT2D eigenvalue weighted by Crippen LogP contribution is -2.53. The summed E-state index contributed by atoms with van der Waals surface area (Å²) < 4.78 is 31.6. The standard InChI is InChI=1S/C24H28F2O3/c1-17(27)23(2,24(3,28)22(25)26)16-6-5-7-18-8-10-19(11-9-18)20-12-14-21(29-4)15-13-20/h5,7-15,22,28H,6,16H2,1-4H3/b7-5+/t23-,24-/m1/s1. The van der Waals surface area contributed by atoms with Crippen molar-refractivity contribution in [3.05, 3.63) is 60.2 Å². The highest BCUT2D eigenvalue weighted by Gasteiger charge is 2.52. The lowest BCUT2D eigenvalue weighted by Gasteiger charge is -2.40. The van der Waals surface area contributed by atoms with Gasteiger partial charge in [0.1, 0.15) is 17.1 Å². The molecule has 0 saturated heterocycles. The van der Waals surface area contributed by atoms with E-state index < -0.39 is 23.2 Å². The second-order valence-corrected chi connectivity index (χ2v) is 7.63. The third-order valence-electron chi connectivity index (χ3n) is 5.77. The average molecular weight is 402 g/mol. The van der Waals surface area contributed by atoms with E-state index in [0.717, 1.165) is 29.4 Å². The van der Waals surface area contributed by atoms with Gasteiger partial charge in [-0.05, 0) is 62.4 Å². The lowest BCUT2D eigenvalue weighted by atomic mass is 9.68. The molecule has 3 nitrogen and oxygen atoms in total. The molecule has 2 aromatic rings. The van der Waals surface area contributed by atoms with Crippen molar-refractivity contribution in [3.8, 4) is 16.9 Å². The third-order valence-corrected chi connectivity index (χ3v) is 5.77. The Morgan fingerprint density at radius 2 is 1.59 bits per heavy atom. The van der Waals surface area contributed by atoms with Crippen LogP contribution in [-0.2, 0) is 4.79 Å². The van der Waals surface area contributed by atoms with Crippen LogP contribution in [0.15, 0.2) is 54.6 Å². The number of aliphatic hydroxyl groups is 1. The fraction of sp³-hybridized carbons (Fsp3) is 0.375. The van der Waals surface area contributed by atoms with Gasteiger partial charge in [0.15, 0.2) is 0 Å². The first-order chi connectivity index (χ1) is 13.6. The van der Waals surface area contributed by atoms with Gasteiger partial charge >= 0.3 is 0 Å². The molecular formula is C24H28F2O3. The topological polar surface area (TPSA) is 46.5 Å². The summed E-state index contributed by atoms with van der Waals surface area (Å²) in [6.07, 6.45) is 1.27. The maximum absolute atomic E-state index is 13.2. The average Bonchev–Trinajstić information content (AvgIpc) is 2.71. The first-order valence-corrected chi connectivity index (χ1v) is 9.54. The van der Waals surface area contributed by atoms with Crippen LogP contribution < -0.4 is 4.74 Å².